The molecule has 30 heavy (non-hydrogen) atoms. The molecule has 0 aliphatic heterocycles. The Hall–Kier alpha value is -3.54. The maximum atomic E-state index is 12.6. The van der Waals surface area contributed by atoms with Crippen molar-refractivity contribution in [3.05, 3.63) is 64.5 Å². The van der Waals surface area contributed by atoms with E-state index in [2.05, 4.69) is 15.5 Å². The van der Waals surface area contributed by atoms with Gasteiger partial charge in [-0.3, -0.25) is 14.9 Å². The molecule has 0 atom stereocenters. The van der Waals surface area contributed by atoms with Gasteiger partial charge in [0.1, 0.15) is 18.7 Å². The first-order valence-corrected chi connectivity index (χ1v) is 9.28. The molecule has 0 spiro atoms. The molecule has 12 heteroatoms. The van der Waals surface area contributed by atoms with Crippen molar-refractivity contribution < 1.29 is 23.2 Å². The third-order valence-corrected chi connectivity index (χ3v) is 4.91. The van der Waals surface area contributed by atoms with E-state index in [-0.39, 0.29) is 27.6 Å². The third kappa shape index (κ3) is 5.08. The summed E-state index contributed by atoms with van der Waals surface area (Å²) in [5, 5.41) is 22.1. The highest BCUT2D eigenvalue weighted by Gasteiger charge is 2.21. The van der Waals surface area contributed by atoms with Crippen LogP contribution in [0.1, 0.15) is 10.4 Å². The number of halogens is 2. The van der Waals surface area contributed by atoms with E-state index in [9.17, 15) is 23.7 Å². The SMILES string of the molecule is Cn1cnnc1Sc1ccc(C(=O)Nc2ccccc2OCC(F)F)cc1[N+](=O)[O-]. The van der Waals surface area contributed by atoms with Crippen molar-refractivity contribution in [2.24, 2.45) is 7.05 Å². The van der Waals surface area contributed by atoms with Crippen LogP contribution in [0.25, 0.3) is 0 Å². The lowest BCUT2D eigenvalue weighted by Crippen LogP contribution is -2.14. The maximum Gasteiger partial charge on any atom is 0.284 e. The normalized spacial score (nSPS) is 10.8. The number of nitro groups is 1. The van der Waals surface area contributed by atoms with Gasteiger partial charge in [-0.25, -0.2) is 8.78 Å². The van der Waals surface area contributed by atoms with Crippen LogP contribution in [0.2, 0.25) is 0 Å². The van der Waals surface area contributed by atoms with Crippen LogP contribution in [-0.2, 0) is 7.05 Å². The van der Waals surface area contributed by atoms with Crippen LogP contribution in [0.5, 0.6) is 5.75 Å². The van der Waals surface area contributed by atoms with Gasteiger partial charge in [0.05, 0.1) is 15.5 Å². The van der Waals surface area contributed by atoms with Crippen LogP contribution in [0.4, 0.5) is 20.2 Å². The molecule has 2 aromatic carbocycles. The summed E-state index contributed by atoms with van der Waals surface area (Å²) in [5.41, 5.74) is -0.0890. The van der Waals surface area contributed by atoms with Crippen LogP contribution >= 0.6 is 11.8 Å². The van der Waals surface area contributed by atoms with Gasteiger partial charge >= 0.3 is 0 Å². The topological polar surface area (TPSA) is 112 Å². The number of nitrogens with one attached hydrogen (secondary N) is 1. The average molecular weight is 435 g/mol. The molecule has 0 aliphatic rings. The van der Waals surface area contributed by atoms with Crippen molar-refractivity contribution in [2.75, 3.05) is 11.9 Å². The molecule has 156 valence electrons. The van der Waals surface area contributed by atoms with E-state index in [4.69, 9.17) is 4.74 Å². The number of nitro benzene ring substituents is 1. The van der Waals surface area contributed by atoms with Gasteiger partial charge < -0.3 is 14.6 Å². The summed E-state index contributed by atoms with van der Waals surface area (Å²) < 4.78 is 31.4. The molecular weight excluding hydrogens is 420 g/mol. The Kier molecular flexibility index (Phi) is 6.57. The Morgan fingerprint density at radius 3 is 2.77 bits per heavy atom. The maximum absolute atomic E-state index is 12.6. The van der Waals surface area contributed by atoms with E-state index in [1.54, 1.807) is 23.7 Å². The fraction of sp³-hybridized carbons (Fsp3) is 0.167. The molecular formula is C18H15F2N5O4S. The van der Waals surface area contributed by atoms with Crippen molar-refractivity contribution in [3.8, 4) is 5.75 Å². The van der Waals surface area contributed by atoms with E-state index >= 15 is 0 Å². The Balaban J connectivity index is 1.82. The van der Waals surface area contributed by atoms with E-state index in [0.717, 1.165) is 17.8 Å². The number of carbonyl (C=O) groups is 1. The molecule has 1 amide bonds. The number of benzene rings is 2. The lowest BCUT2D eigenvalue weighted by molar-refractivity contribution is -0.387. The van der Waals surface area contributed by atoms with E-state index in [0.29, 0.717) is 5.16 Å². The highest BCUT2D eigenvalue weighted by atomic mass is 32.2. The second kappa shape index (κ2) is 9.31. The van der Waals surface area contributed by atoms with E-state index < -0.39 is 23.9 Å². The summed E-state index contributed by atoms with van der Waals surface area (Å²) in [5.74, 6) is -0.587. The first-order chi connectivity index (χ1) is 14.3. The Labute approximate surface area is 173 Å². The fourth-order valence-corrected chi connectivity index (χ4v) is 3.24. The van der Waals surface area contributed by atoms with Crippen molar-refractivity contribution in [1.29, 1.82) is 0 Å². The standard InChI is InChI=1S/C18H15F2N5O4S/c1-24-10-21-23-18(24)30-15-7-6-11(8-13(15)25(27)28)17(26)22-12-4-2-3-5-14(12)29-9-16(19)20/h2-8,10,16H,9H2,1H3,(H,22,26). The molecule has 3 aromatic rings. The smallest absolute Gasteiger partial charge is 0.284 e. The molecule has 0 radical (unpaired) electrons. The summed E-state index contributed by atoms with van der Waals surface area (Å²) in [4.78, 5) is 23.8. The molecule has 0 bridgehead atoms. The van der Waals surface area contributed by atoms with Crippen LogP contribution in [-0.4, -0.2) is 38.6 Å². The first kappa shape index (κ1) is 21.2. The Bertz CT molecular complexity index is 1080. The zero-order valence-corrected chi connectivity index (χ0v) is 16.3. The van der Waals surface area contributed by atoms with Crippen molar-refractivity contribution in [3.63, 3.8) is 0 Å². The van der Waals surface area contributed by atoms with Crippen molar-refractivity contribution in [1.82, 2.24) is 14.8 Å². The lowest BCUT2D eigenvalue weighted by Gasteiger charge is -2.12. The number of hydrogen-bond acceptors (Lipinski definition) is 7. The largest absolute Gasteiger partial charge is 0.485 e. The van der Waals surface area contributed by atoms with E-state index in [1.807, 2.05) is 0 Å². The number of hydrogen-bond donors (Lipinski definition) is 1. The van der Waals surface area contributed by atoms with Gasteiger partial charge in [0.25, 0.3) is 18.0 Å². The molecule has 0 aliphatic carbocycles. The number of aromatic nitrogens is 3. The third-order valence-electron chi connectivity index (χ3n) is 3.79. The number of nitrogens with zero attached hydrogens (tertiary/aromatic N) is 4. The number of amides is 1. The quantitative estimate of drug-likeness (QED) is 0.423. The highest BCUT2D eigenvalue weighted by Crippen LogP contribution is 2.34. The molecule has 0 unspecified atom stereocenters. The number of alkyl halides is 2. The number of aryl methyl sites for hydroxylation is 1. The molecule has 1 heterocycles. The second-order valence-electron chi connectivity index (χ2n) is 5.92. The number of para-hydroxylation sites is 2. The Morgan fingerprint density at radius 1 is 1.33 bits per heavy atom. The number of carbonyl (C=O) groups excluding carboxylic acids is 1. The zero-order valence-electron chi connectivity index (χ0n) is 15.5. The molecule has 1 aromatic heterocycles. The lowest BCUT2D eigenvalue weighted by atomic mass is 10.2. The average Bonchev–Trinajstić information content (AvgIpc) is 3.11. The predicted octanol–water partition coefficient (Wildman–Crippen LogP) is 3.77. The van der Waals surface area contributed by atoms with Crippen molar-refractivity contribution in [2.45, 2.75) is 16.5 Å². The molecule has 0 fully saturated rings. The Morgan fingerprint density at radius 2 is 2.10 bits per heavy atom. The van der Waals surface area contributed by atoms with Gasteiger partial charge in [0, 0.05) is 18.7 Å². The van der Waals surface area contributed by atoms with Crippen LogP contribution < -0.4 is 10.1 Å². The van der Waals surface area contributed by atoms with Gasteiger partial charge in [0.15, 0.2) is 5.16 Å². The minimum absolute atomic E-state index is 0.0210. The summed E-state index contributed by atoms with van der Waals surface area (Å²) >= 11 is 1.04. The van der Waals surface area contributed by atoms with Crippen LogP contribution in [0.15, 0.2) is 58.8 Å². The number of rotatable bonds is 8. The molecule has 0 saturated heterocycles. The van der Waals surface area contributed by atoms with E-state index in [1.165, 1.54) is 30.6 Å². The van der Waals surface area contributed by atoms with Crippen LogP contribution in [0.3, 0.4) is 0 Å². The van der Waals surface area contributed by atoms with Crippen LogP contribution in [0, 0.1) is 10.1 Å². The minimum Gasteiger partial charge on any atom is -0.485 e. The van der Waals surface area contributed by atoms with Gasteiger partial charge in [-0.2, -0.15) is 0 Å². The fourth-order valence-electron chi connectivity index (χ4n) is 2.39. The second-order valence-corrected chi connectivity index (χ2v) is 6.93. The van der Waals surface area contributed by atoms with Gasteiger partial charge in [0.2, 0.25) is 0 Å². The first-order valence-electron chi connectivity index (χ1n) is 8.46. The summed E-state index contributed by atoms with van der Waals surface area (Å²) in [6, 6.07) is 10.1. The van der Waals surface area contributed by atoms with Gasteiger partial charge in [-0.05, 0) is 36.0 Å². The zero-order chi connectivity index (χ0) is 21.7. The molecule has 1 N–H and O–H groups in total. The number of anilines is 1. The molecule has 9 nitrogen and oxygen atoms in total. The van der Waals surface area contributed by atoms with Gasteiger partial charge in [-0.15, -0.1) is 10.2 Å². The summed E-state index contributed by atoms with van der Waals surface area (Å²) in [6.45, 7) is -0.827. The number of ether oxygens (including phenoxy) is 1. The van der Waals surface area contributed by atoms with Crippen molar-refractivity contribution >= 4 is 29.0 Å². The van der Waals surface area contributed by atoms with Gasteiger partial charge in [-0.1, -0.05) is 12.1 Å². The summed E-state index contributed by atoms with van der Waals surface area (Å²) in [7, 11) is 1.70. The predicted molar refractivity (Wildman–Crippen MR) is 104 cm³/mol. The molecule has 0 saturated carbocycles. The summed E-state index contributed by atoms with van der Waals surface area (Å²) in [6.07, 6.45) is -1.21. The minimum atomic E-state index is -2.67. The highest BCUT2D eigenvalue weighted by molar-refractivity contribution is 7.99. The monoisotopic (exact) mass is 435 g/mol. The molecule has 3 rings (SSSR count).